The van der Waals surface area contributed by atoms with Gasteiger partial charge in [0.05, 0.1) is 22.3 Å². The minimum Gasteiger partial charge on any atom is -0.330 e. The van der Waals surface area contributed by atoms with Gasteiger partial charge in [-0.3, -0.25) is 19.2 Å². The SMILES string of the molecule is O=C(CCCC(=O)ON1C(=O)c2ccccc2C1=O)ON1C(=O)c2ccccc2C1=O. The van der Waals surface area contributed by atoms with Gasteiger partial charge in [-0.15, -0.1) is 0 Å². The smallest absolute Gasteiger partial charge is 0.330 e. The van der Waals surface area contributed by atoms with E-state index in [1.165, 1.54) is 24.3 Å². The predicted octanol–water partition coefficient (Wildman–Crippen LogP) is 1.67. The molecule has 2 heterocycles. The second-order valence-corrected chi connectivity index (χ2v) is 6.68. The number of nitrogens with zero attached hydrogens (tertiary/aromatic N) is 2. The molecule has 0 atom stereocenters. The van der Waals surface area contributed by atoms with Gasteiger partial charge in [0.25, 0.3) is 23.6 Å². The van der Waals surface area contributed by atoms with Gasteiger partial charge in [-0.1, -0.05) is 34.4 Å². The van der Waals surface area contributed by atoms with Crippen molar-refractivity contribution in [1.82, 2.24) is 10.1 Å². The average Bonchev–Trinajstić information content (AvgIpc) is 3.15. The zero-order valence-electron chi connectivity index (χ0n) is 15.9. The lowest BCUT2D eigenvalue weighted by atomic mass is 10.1. The van der Waals surface area contributed by atoms with E-state index in [2.05, 4.69) is 0 Å². The number of carbonyl (C=O) groups excluding carboxylic acids is 6. The number of benzene rings is 2. The fourth-order valence-electron chi connectivity index (χ4n) is 3.17. The standard InChI is InChI=1S/C21H14N2O8/c24-16(30-22-18(26)12-6-1-2-7-13(12)19(22)27)10-5-11-17(25)31-23-20(28)14-8-3-4-9-15(14)21(23)29/h1-4,6-9H,5,10-11H2. The summed E-state index contributed by atoms with van der Waals surface area (Å²) in [6.45, 7) is 0. The van der Waals surface area contributed by atoms with E-state index < -0.39 is 35.6 Å². The molecular weight excluding hydrogens is 408 g/mol. The van der Waals surface area contributed by atoms with Crippen LogP contribution in [0.1, 0.15) is 60.7 Å². The Morgan fingerprint density at radius 1 is 0.581 bits per heavy atom. The normalized spacial score (nSPS) is 14.6. The summed E-state index contributed by atoms with van der Waals surface area (Å²) < 4.78 is 0. The number of amides is 4. The summed E-state index contributed by atoms with van der Waals surface area (Å²) in [4.78, 5) is 82.3. The molecule has 2 aromatic rings. The number of hydroxylamine groups is 4. The van der Waals surface area contributed by atoms with E-state index in [0.29, 0.717) is 10.1 Å². The zero-order chi connectivity index (χ0) is 22.1. The fourth-order valence-corrected chi connectivity index (χ4v) is 3.17. The highest BCUT2D eigenvalue weighted by Gasteiger charge is 2.39. The van der Waals surface area contributed by atoms with Gasteiger partial charge in [-0.2, -0.15) is 0 Å². The molecule has 0 aliphatic carbocycles. The van der Waals surface area contributed by atoms with Crippen LogP contribution in [0.25, 0.3) is 0 Å². The third-order valence-corrected chi connectivity index (χ3v) is 4.66. The minimum absolute atomic E-state index is 0.0516. The summed E-state index contributed by atoms with van der Waals surface area (Å²) in [5.41, 5.74) is 0.518. The molecule has 0 fully saturated rings. The molecule has 10 nitrogen and oxygen atoms in total. The molecule has 0 radical (unpaired) electrons. The van der Waals surface area contributed by atoms with Crippen molar-refractivity contribution in [2.75, 3.05) is 0 Å². The zero-order valence-corrected chi connectivity index (χ0v) is 15.9. The molecule has 0 saturated heterocycles. The number of hydrogen-bond donors (Lipinski definition) is 0. The molecule has 156 valence electrons. The Hall–Kier alpha value is -4.34. The summed E-state index contributed by atoms with van der Waals surface area (Å²) >= 11 is 0. The van der Waals surface area contributed by atoms with Crippen LogP contribution in [0.5, 0.6) is 0 Å². The quantitative estimate of drug-likeness (QED) is 0.643. The first kappa shape index (κ1) is 20.0. The van der Waals surface area contributed by atoms with Crippen LogP contribution in [0.15, 0.2) is 48.5 Å². The summed E-state index contributed by atoms with van der Waals surface area (Å²) in [6.07, 6.45) is -0.654. The van der Waals surface area contributed by atoms with Crippen LogP contribution < -0.4 is 0 Å². The monoisotopic (exact) mass is 422 g/mol. The Morgan fingerprint density at radius 3 is 1.16 bits per heavy atom. The van der Waals surface area contributed by atoms with Crippen LogP contribution in [-0.4, -0.2) is 45.7 Å². The van der Waals surface area contributed by atoms with Crippen molar-refractivity contribution in [3.63, 3.8) is 0 Å². The predicted molar refractivity (Wildman–Crippen MR) is 99.9 cm³/mol. The Balaban J connectivity index is 1.26. The largest absolute Gasteiger partial charge is 0.333 e. The summed E-state index contributed by atoms with van der Waals surface area (Å²) in [6, 6.07) is 12.1. The third kappa shape index (κ3) is 3.54. The van der Waals surface area contributed by atoms with Gasteiger partial charge < -0.3 is 9.68 Å². The lowest BCUT2D eigenvalue weighted by Gasteiger charge is -2.13. The van der Waals surface area contributed by atoms with E-state index in [1.54, 1.807) is 24.3 Å². The van der Waals surface area contributed by atoms with Crippen molar-refractivity contribution in [2.24, 2.45) is 0 Å². The van der Waals surface area contributed by atoms with Gasteiger partial charge >= 0.3 is 11.9 Å². The van der Waals surface area contributed by atoms with Crippen LogP contribution in [0.3, 0.4) is 0 Å². The molecule has 0 aromatic heterocycles. The van der Waals surface area contributed by atoms with E-state index in [1.807, 2.05) is 0 Å². The second-order valence-electron chi connectivity index (χ2n) is 6.68. The van der Waals surface area contributed by atoms with Crippen LogP contribution in [0.4, 0.5) is 0 Å². The molecule has 10 heteroatoms. The molecule has 0 saturated carbocycles. The average molecular weight is 422 g/mol. The first-order valence-corrected chi connectivity index (χ1v) is 9.25. The fraction of sp³-hybridized carbons (Fsp3) is 0.143. The van der Waals surface area contributed by atoms with Crippen molar-refractivity contribution in [1.29, 1.82) is 0 Å². The first-order chi connectivity index (χ1) is 14.9. The lowest BCUT2D eigenvalue weighted by molar-refractivity contribution is -0.171. The summed E-state index contributed by atoms with van der Waals surface area (Å²) in [5, 5.41) is 0.758. The van der Waals surface area contributed by atoms with Gasteiger partial charge in [0.15, 0.2) is 0 Å². The van der Waals surface area contributed by atoms with Gasteiger partial charge in [0.1, 0.15) is 0 Å². The number of imide groups is 2. The van der Waals surface area contributed by atoms with Crippen molar-refractivity contribution >= 4 is 35.6 Å². The third-order valence-electron chi connectivity index (χ3n) is 4.66. The number of fused-ring (bicyclic) bond motifs is 2. The van der Waals surface area contributed by atoms with Crippen molar-refractivity contribution < 1.29 is 38.4 Å². The maximum absolute atomic E-state index is 12.2. The van der Waals surface area contributed by atoms with E-state index in [4.69, 9.17) is 9.68 Å². The van der Waals surface area contributed by atoms with Crippen molar-refractivity contribution in [3.8, 4) is 0 Å². The summed E-state index contributed by atoms with van der Waals surface area (Å²) in [7, 11) is 0. The van der Waals surface area contributed by atoms with Gasteiger partial charge in [0, 0.05) is 12.8 Å². The van der Waals surface area contributed by atoms with Crippen LogP contribution in [0.2, 0.25) is 0 Å². The van der Waals surface area contributed by atoms with Crippen molar-refractivity contribution in [2.45, 2.75) is 19.3 Å². The molecule has 4 amide bonds. The Morgan fingerprint density at radius 2 is 0.871 bits per heavy atom. The van der Waals surface area contributed by atoms with Crippen LogP contribution in [0, 0.1) is 0 Å². The molecule has 4 rings (SSSR count). The molecular formula is C21H14N2O8. The number of hydrogen-bond acceptors (Lipinski definition) is 8. The van der Waals surface area contributed by atoms with Gasteiger partial charge in [-0.05, 0) is 30.7 Å². The molecule has 0 spiro atoms. The molecule has 2 aliphatic rings. The number of carbonyl (C=O) groups is 6. The second kappa shape index (κ2) is 7.82. The van der Waals surface area contributed by atoms with Crippen molar-refractivity contribution in [3.05, 3.63) is 70.8 Å². The van der Waals surface area contributed by atoms with E-state index in [0.717, 1.165) is 0 Å². The van der Waals surface area contributed by atoms with Gasteiger partial charge in [0.2, 0.25) is 0 Å². The molecule has 0 N–H and O–H groups in total. The Kier molecular flexibility index (Phi) is 5.04. The first-order valence-electron chi connectivity index (χ1n) is 9.25. The highest BCUT2D eigenvalue weighted by molar-refractivity contribution is 6.21. The van der Waals surface area contributed by atoms with E-state index >= 15 is 0 Å². The van der Waals surface area contributed by atoms with E-state index in [-0.39, 0.29) is 41.5 Å². The maximum atomic E-state index is 12.2. The molecule has 31 heavy (non-hydrogen) atoms. The van der Waals surface area contributed by atoms with Crippen LogP contribution >= 0.6 is 0 Å². The number of rotatable bonds is 6. The topological polar surface area (TPSA) is 127 Å². The van der Waals surface area contributed by atoms with Crippen LogP contribution in [-0.2, 0) is 19.3 Å². The molecule has 2 aromatic carbocycles. The maximum Gasteiger partial charge on any atom is 0.333 e. The Bertz CT molecular complexity index is 996. The summed E-state index contributed by atoms with van der Waals surface area (Å²) in [5.74, 6) is -4.80. The molecule has 0 unspecified atom stereocenters. The minimum atomic E-state index is -0.900. The lowest BCUT2D eigenvalue weighted by Crippen LogP contribution is -2.33. The highest BCUT2D eigenvalue weighted by atomic mass is 16.7. The van der Waals surface area contributed by atoms with Gasteiger partial charge in [-0.25, -0.2) is 9.59 Å². The molecule has 2 aliphatic heterocycles. The highest BCUT2D eigenvalue weighted by Crippen LogP contribution is 2.24. The van der Waals surface area contributed by atoms with E-state index in [9.17, 15) is 28.8 Å². The molecule has 0 bridgehead atoms. The Labute approximate surface area is 174 Å².